The number of aliphatic hydroxyl groups excluding tert-OH is 1. The maximum Gasteiger partial charge on any atom is 0.192 e. The standard InChI is InChI=1S/C14H28O2Si/c1-10-8-12(15)11(2)13(9-10)16-17(6,7)14(3,4)5/h10,12-13,15H,2,8-9H2,1,3-7H3/t10-,12-,13+/m0/s1. The number of aliphatic hydroxyl groups is 1. The van der Waals surface area contributed by atoms with Gasteiger partial charge in [-0.2, -0.15) is 0 Å². The zero-order valence-electron chi connectivity index (χ0n) is 12.2. The molecular weight excluding hydrogens is 228 g/mol. The minimum absolute atomic E-state index is 0.0506. The maximum atomic E-state index is 9.95. The molecule has 0 bridgehead atoms. The first-order chi connectivity index (χ1) is 7.54. The van der Waals surface area contributed by atoms with Gasteiger partial charge in [0.1, 0.15) is 0 Å². The molecule has 1 saturated carbocycles. The van der Waals surface area contributed by atoms with Gasteiger partial charge in [-0.1, -0.05) is 34.3 Å². The number of hydrogen-bond acceptors (Lipinski definition) is 2. The first-order valence-corrected chi connectivity index (χ1v) is 9.50. The molecule has 0 unspecified atom stereocenters. The van der Waals surface area contributed by atoms with Crippen molar-refractivity contribution in [3.05, 3.63) is 12.2 Å². The summed E-state index contributed by atoms with van der Waals surface area (Å²) in [5.74, 6) is 0.519. The Morgan fingerprint density at radius 3 is 2.29 bits per heavy atom. The predicted molar refractivity (Wildman–Crippen MR) is 75.6 cm³/mol. The predicted octanol–water partition coefficient (Wildman–Crippen LogP) is 3.72. The fourth-order valence-corrected chi connectivity index (χ4v) is 3.33. The van der Waals surface area contributed by atoms with Crippen molar-refractivity contribution in [1.29, 1.82) is 0 Å². The molecule has 0 radical (unpaired) electrons. The van der Waals surface area contributed by atoms with E-state index >= 15 is 0 Å². The first kappa shape index (κ1) is 14.9. The van der Waals surface area contributed by atoms with Crippen LogP contribution >= 0.6 is 0 Å². The highest BCUT2D eigenvalue weighted by molar-refractivity contribution is 6.74. The lowest BCUT2D eigenvalue weighted by Crippen LogP contribution is -2.47. The molecule has 0 aromatic rings. The topological polar surface area (TPSA) is 29.5 Å². The Kier molecular flexibility index (Phi) is 4.27. The van der Waals surface area contributed by atoms with Crippen LogP contribution < -0.4 is 0 Å². The van der Waals surface area contributed by atoms with Gasteiger partial charge in [0.05, 0.1) is 12.2 Å². The van der Waals surface area contributed by atoms with Crippen LogP contribution in [0.25, 0.3) is 0 Å². The van der Waals surface area contributed by atoms with Crippen molar-refractivity contribution < 1.29 is 9.53 Å². The smallest absolute Gasteiger partial charge is 0.192 e. The minimum Gasteiger partial charge on any atom is -0.410 e. The minimum atomic E-state index is -1.77. The first-order valence-electron chi connectivity index (χ1n) is 6.59. The third-order valence-corrected chi connectivity index (χ3v) is 8.81. The lowest BCUT2D eigenvalue weighted by molar-refractivity contribution is 0.0811. The molecule has 0 amide bonds. The fourth-order valence-electron chi connectivity index (χ4n) is 2.02. The van der Waals surface area contributed by atoms with Gasteiger partial charge in [0.15, 0.2) is 8.32 Å². The summed E-state index contributed by atoms with van der Waals surface area (Å²) >= 11 is 0. The highest BCUT2D eigenvalue weighted by atomic mass is 28.4. The van der Waals surface area contributed by atoms with Gasteiger partial charge in [0, 0.05) is 0 Å². The van der Waals surface area contributed by atoms with Crippen LogP contribution in [0.5, 0.6) is 0 Å². The second-order valence-corrected chi connectivity index (χ2v) is 11.8. The average molecular weight is 256 g/mol. The number of hydrogen-bond donors (Lipinski definition) is 1. The second-order valence-electron chi connectivity index (χ2n) is 7.03. The van der Waals surface area contributed by atoms with E-state index in [9.17, 15) is 5.11 Å². The van der Waals surface area contributed by atoms with Gasteiger partial charge in [-0.05, 0) is 42.5 Å². The normalized spacial score (nSPS) is 31.7. The van der Waals surface area contributed by atoms with Crippen LogP contribution in [0, 0.1) is 5.92 Å². The van der Waals surface area contributed by atoms with E-state index < -0.39 is 8.32 Å². The molecule has 2 nitrogen and oxygen atoms in total. The Bertz CT molecular complexity index is 291. The van der Waals surface area contributed by atoms with Crippen molar-refractivity contribution in [1.82, 2.24) is 0 Å². The third-order valence-electron chi connectivity index (χ3n) is 4.33. The summed E-state index contributed by atoms with van der Waals surface area (Å²) in [4.78, 5) is 0. The van der Waals surface area contributed by atoms with E-state index in [0.717, 1.165) is 18.4 Å². The molecule has 0 aromatic carbocycles. The van der Waals surface area contributed by atoms with Gasteiger partial charge >= 0.3 is 0 Å². The molecule has 1 aliphatic carbocycles. The Hall–Kier alpha value is -0.123. The van der Waals surface area contributed by atoms with Gasteiger partial charge in [-0.25, -0.2) is 0 Å². The molecule has 1 rings (SSSR count). The van der Waals surface area contributed by atoms with Crippen LogP contribution in [0.4, 0.5) is 0 Å². The zero-order valence-corrected chi connectivity index (χ0v) is 13.2. The molecule has 0 heterocycles. The van der Waals surface area contributed by atoms with Crippen molar-refractivity contribution in [3.8, 4) is 0 Å². The van der Waals surface area contributed by atoms with Crippen molar-refractivity contribution in [2.75, 3.05) is 0 Å². The van der Waals surface area contributed by atoms with Gasteiger partial charge in [-0.3, -0.25) is 0 Å². The lowest BCUT2D eigenvalue weighted by Gasteiger charge is -2.43. The summed E-state index contributed by atoms with van der Waals surface area (Å²) in [5.41, 5.74) is 0.882. The zero-order chi connectivity index (χ0) is 13.4. The van der Waals surface area contributed by atoms with E-state index in [1.165, 1.54) is 0 Å². The summed E-state index contributed by atoms with van der Waals surface area (Å²) < 4.78 is 6.38. The van der Waals surface area contributed by atoms with E-state index in [1.54, 1.807) is 0 Å². The molecule has 17 heavy (non-hydrogen) atoms. The molecule has 3 heteroatoms. The van der Waals surface area contributed by atoms with Crippen molar-refractivity contribution in [2.24, 2.45) is 5.92 Å². The van der Waals surface area contributed by atoms with E-state index in [-0.39, 0.29) is 17.2 Å². The summed E-state index contributed by atoms with van der Waals surface area (Å²) in [6.07, 6.45) is 1.50. The molecule has 1 fully saturated rings. The van der Waals surface area contributed by atoms with Crippen molar-refractivity contribution >= 4 is 8.32 Å². The van der Waals surface area contributed by atoms with Crippen LogP contribution in [-0.4, -0.2) is 25.6 Å². The molecule has 0 spiro atoms. The van der Waals surface area contributed by atoms with Gasteiger partial charge in [-0.15, -0.1) is 0 Å². The Morgan fingerprint density at radius 1 is 1.29 bits per heavy atom. The summed E-state index contributed by atoms with van der Waals surface area (Å²) in [7, 11) is -1.77. The van der Waals surface area contributed by atoms with Crippen LogP contribution in [-0.2, 0) is 4.43 Å². The number of rotatable bonds is 2. The summed E-state index contributed by atoms with van der Waals surface area (Å²) in [6, 6.07) is 0. The maximum absolute atomic E-state index is 9.95. The Labute approximate surface area is 107 Å². The van der Waals surface area contributed by atoms with E-state index in [4.69, 9.17) is 4.43 Å². The summed E-state index contributed by atoms with van der Waals surface area (Å²) in [5, 5.41) is 10.2. The quantitative estimate of drug-likeness (QED) is 0.602. The van der Waals surface area contributed by atoms with Crippen LogP contribution in [0.3, 0.4) is 0 Å². The van der Waals surface area contributed by atoms with Crippen LogP contribution in [0.1, 0.15) is 40.5 Å². The highest BCUT2D eigenvalue weighted by Crippen LogP contribution is 2.40. The molecule has 0 aromatic heterocycles. The van der Waals surface area contributed by atoms with E-state index in [2.05, 4.69) is 47.4 Å². The molecule has 1 aliphatic rings. The van der Waals surface area contributed by atoms with Crippen molar-refractivity contribution in [2.45, 2.75) is 70.9 Å². The second kappa shape index (κ2) is 4.86. The third kappa shape index (κ3) is 3.43. The average Bonchev–Trinajstić information content (AvgIpc) is 2.11. The Balaban J connectivity index is 2.77. The van der Waals surface area contributed by atoms with Gasteiger partial charge < -0.3 is 9.53 Å². The molecule has 100 valence electrons. The SMILES string of the molecule is C=C1[C@@H](O)C[C@H](C)C[C@H]1O[Si](C)(C)C(C)(C)C. The fraction of sp³-hybridized carbons (Fsp3) is 0.857. The molecular formula is C14H28O2Si. The molecule has 3 atom stereocenters. The molecule has 1 N–H and O–H groups in total. The molecule has 0 saturated heterocycles. The van der Waals surface area contributed by atoms with Crippen LogP contribution in [0.2, 0.25) is 18.1 Å². The van der Waals surface area contributed by atoms with E-state index in [1.807, 2.05) is 0 Å². The molecule has 0 aliphatic heterocycles. The highest BCUT2D eigenvalue weighted by Gasteiger charge is 2.41. The van der Waals surface area contributed by atoms with Gasteiger partial charge in [0.25, 0.3) is 0 Å². The Morgan fingerprint density at radius 2 is 1.82 bits per heavy atom. The largest absolute Gasteiger partial charge is 0.410 e. The lowest BCUT2D eigenvalue weighted by atomic mass is 9.84. The monoisotopic (exact) mass is 256 g/mol. The van der Waals surface area contributed by atoms with Crippen LogP contribution in [0.15, 0.2) is 12.2 Å². The summed E-state index contributed by atoms with van der Waals surface area (Å²) in [6.45, 7) is 17.4. The van der Waals surface area contributed by atoms with Gasteiger partial charge in [0.2, 0.25) is 0 Å². The van der Waals surface area contributed by atoms with E-state index in [0.29, 0.717) is 5.92 Å². The van der Waals surface area contributed by atoms with Crippen molar-refractivity contribution in [3.63, 3.8) is 0 Å².